The molecular formula is C24H27N3O2. The van der Waals surface area contributed by atoms with Gasteiger partial charge in [-0.15, -0.1) is 0 Å². The van der Waals surface area contributed by atoms with E-state index in [2.05, 4.69) is 48.7 Å². The van der Waals surface area contributed by atoms with E-state index in [9.17, 15) is 4.79 Å². The van der Waals surface area contributed by atoms with Crippen LogP contribution in [0.2, 0.25) is 0 Å². The molecule has 0 atom stereocenters. The van der Waals surface area contributed by atoms with E-state index in [1.54, 1.807) is 18.5 Å². The number of carbonyl (C=O) groups excluding carboxylic acids is 1. The van der Waals surface area contributed by atoms with Crippen molar-refractivity contribution in [2.45, 2.75) is 39.3 Å². The van der Waals surface area contributed by atoms with Crippen LogP contribution < -0.4 is 10.8 Å². The van der Waals surface area contributed by atoms with Crippen LogP contribution in [0.25, 0.3) is 0 Å². The smallest absolute Gasteiger partial charge is 0.276 e. The zero-order chi connectivity index (χ0) is 20.7. The number of amides is 1. The average Bonchev–Trinajstić information content (AvgIpc) is 2.73. The molecule has 0 saturated heterocycles. The summed E-state index contributed by atoms with van der Waals surface area (Å²) in [5.74, 6) is -0.283. The third-order valence-corrected chi connectivity index (χ3v) is 4.63. The molecule has 0 unspecified atom stereocenters. The van der Waals surface area contributed by atoms with E-state index >= 15 is 0 Å². The van der Waals surface area contributed by atoms with Crippen molar-refractivity contribution in [3.8, 4) is 0 Å². The highest BCUT2D eigenvalue weighted by Crippen LogP contribution is 2.22. The topological polar surface area (TPSA) is 63.2 Å². The Hall–Kier alpha value is -3.18. The first-order chi connectivity index (χ1) is 13.9. The van der Waals surface area contributed by atoms with Gasteiger partial charge in [-0.3, -0.25) is 14.6 Å². The Labute approximate surface area is 172 Å². The Morgan fingerprint density at radius 3 is 2.31 bits per heavy atom. The number of benzene rings is 2. The molecule has 3 rings (SSSR count). The van der Waals surface area contributed by atoms with Gasteiger partial charge in [0.15, 0.2) is 0 Å². The molecule has 5 heteroatoms. The summed E-state index contributed by atoms with van der Waals surface area (Å²) in [5.41, 5.74) is 7.29. The van der Waals surface area contributed by atoms with Crippen molar-refractivity contribution in [3.05, 3.63) is 95.3 Å². The van der Waals surface area contributed by atoms with Gasteiger partial charge in [-0.25, -0.2) is 5.48 Å². The second-order valence-corrected chi connectivity index (χ2v) is 7.92. The van der Waals surface area contributed by atoms with Gasteiger partial charge in [0, 0.05) is 24.6 Å². The number of hydrogen-bond donors (Lipinski definition) is 2. The number of rotatable bonds is 7. The Balaban J connectivity index is 1.55. The first-order valence-electron chi connectivity index (χ1n) is 9.67. The van der Waals surface area contributed by atoms with Crippen LogP contribution in [0.3, 0.4) is 0 Å². The highest BCUT2D eigenvalue weighted by Gasteiger charge is 2.13. The van der Waals surface area contributed by atoms with Crippen LogP contribution in [0.1, 0.15) is 47.8 Å². The minimum atomic E-state index is -0.283. The molecule has 2 N–H and O–H groups in total. The van der Waals surface area contributed by atoms with E-state index in [0.29, 0.717) is 18.7 Å². The van der Waals surface area contributed by atoms with E-state index in [-0.39, 0.29) is 11.3 Å². The van der Waals surface area contributed by atoms with Crippen molar-refractivity contribution in [1.82, 2.24) is 10.5 Å². The summed E-state index contributed by atoms with van der Waals surface area (Å²) >= 11 is 0. The molecule has 1 heterocycles. The molecule has 2 aromatic carbocycles. The van der Waals surface area contributed by atoms with Crippen LogP contribution in [0, 0.1) is 0 Å². The molecule has 1 amide bonds. The molecule has 0 fully saturated rings. The molecular weight excluding hydrogens is 362 g/mol. The second-order valence-electron chi connectivity index (χ2n) is 7.92. The molecule has 0 bridgehead atoms. The Bertz CT molecular complexity index is 932. The van der Waals surface area contributed by atoms with Crippen molar-refractivity contribution >= 4 is 11.6 Å². The highest BCUT2D eigenvalue weighted by molar-refractivity contribution is 5.98. The van der Waals surface area contributed by atoms with Crippen molar-refractivity contribution in [2.24, 2.45) is 0 Å². The number of aromatic nitrogens is 1. The zero-order valence-corrected chi connectivity index (χ0v) is 17.1. The summed E-state index contributed by atoms with van der Waals surface area (Å²) in [4.78, 5) is 22.0. The molecule has 29 heavy (non-hydrogen) atoms. The molecule has 3 aromatic rings. The summed E-state index contributed by atoms with van der Waals surface area (Å²) in [7, 11) is 0. The molecule has 0 aliphatic heterocycles. The van der Waals surface area contributed by atoms with Gasteiger partial charge in [-0.05, 0) is 46.4 Å². The number of hydrogen-bond acceptors (Lipinski definition) is 4. The van der Waals surface area contributed by atoms with E-state index in [4.69, 9.17) is 4.84 Å². The minimum Gasteiger partial charge on any atom is -0.380 e. The monoisotopic (exact) mass is 389 g/mol. The maximum Gasteiger partial charge on any atom is 0.276 e. The van der Waals surface area contributed by atoms with E-state index in [1.807, 2.05) is 42.5 Å². The van der Waals surface area contributed by atoms with Gasteiger partial charge in [0.25, 0.3) is 5.91 Å². The Morgan fingerprint density at radius 2 is 1.62 bits per heavy atom. The summed E-state index contributed by atoms with van der Waals surface area (Å²) in [5, 5.41) is 3.29. The fourth-order valence-electron chi connectivity index (χ4n) is 2.87. The predicted molar refractivity (Wildman–Crippen MR) is 115 cm³/mol. The number of nitrogens with zero attached hydrogens (tertiary/aromatic N) is 1. The predicted octanol–water partition coefficient (Wildman–Crippen LogP) is 4.85. The van der Waals surface area contributed by atoms with Crippen LogP contribution >= 0.6 is 0 Å². The molecule has 150 valence electrons. The van der Waals surface area contributed by atoms with Crippen molar-refractivity contribution in [1.29, 1.82) is 0 Å². The van der Waals surface area contributed by atoms with Crippen molar-refractivity contribution < 1.29 is 9.63 Å². The van der Waals surface area contributed by atoms with Crippen LogP contribution in [-0.4, -0.2) is 10.9 Å². The lowest BCUT2D eigenvalue weighted by Crippen LogP contribution is -2.24. The van der Waals surface area contributed by atoms with Crippen molar-refractivity contribution in [2.75, 3.05) is 5.32 Å². The average molecular weight is 389 g/mol. The van der Waals surface area contributed by atoms with Crippen LogP contribution in [0.4, 0.5) is 5.69 Å². The molecule has 0 aliphatic carbocycles. The summed E-state index contributed by atoms with van der Waals surface area (Å²) in [6.45, 7) is 7.45. The number of para-hydroxylation sites is 1. The van der Waals surface area contributed by atoms with Crippen LogP contribution in [0.5, 0.6) is 0 Å². The lowest BCUT2D eigenvalue weighted by Gasteiger charge is -2.19. The number of pyridine rings is 1. The number of nitrogens with one attached hydrogen (secondary N) is 2. The number of carbonyl (C=O) groups is 1. The minimum absolute atomic E-state index is 0.112. The highest BCUT2D eigenvalue weighted by atomic mass is 16.6. The summed E-state index contributed by atoms with van der Waals surface area (Å²) < 4.78 is 0. The zero-order valence-electron chi connectivity index (χ0n) is 17.1. The third-order valence-electron chi connectivity index (χ3n) is 4.63. The van der Waals surface area contributed by atoms with Crippen molar-refractivity contribution in [3.63, 3.8) is 0 Å². The SMILES string of the molecule is CC(C)(C)c1ccc(CONC(=O)c2ccccc2NCc2ccncc2)cc1. The van der Waals surface area contributed by atoms with E-state index < -0.39 is 0 Å². The van der Waals surface area contributed by atoms with Gasteiger partial charge >= 0.3 is 0 Å². The Morgan fingerprint density at radius 1 is 0.931 bits per heavy atom. The fourth-order valence-corrected chi connectivity index (χ4v) is 2.87. The second kappa shape index (κ2) is 9.34. The Kier molecular flexibility index (Phi) is 6.62. The van der Waals surface area contributed by atoms with Crippen LogP contribution in [-0.2, 0) is 23.4 Å². The standard InChI is InChI=1S/C24H27N3O2/c1-24(2,3)20-10-8-19(9-11-20)17-29-27-23(28)21-6-4-5-7-22(21)26-16-18-12-14-25-15-13-18/h4-15,26H,16-17H2,1-3H3,(H,27,28). The third kappa shape index (κ3) is 5.90. The molecule has 5 nitrogen and oxygen atoms in total. The van der Waals surface area contributed by atoms with Gasteiger partial charge in [0.05, 0.1) is 12.2 Å². The largest absolute Gasteiger partial charge is 0.380 e. The first-order valence-corrected chi connectivity index (χ1v) is 9.67. The molecule has 1 aromatic heterocycles. The van der Waals surface area contributed by atoms with Crippen LogP contribution in [0.15, 0.2) is 73.1 Å². The maximum atomic E-state index is 12.6. The first kappa shape index (κ1) is 20.6. The lowest BCUT2D eigenvalue weighted by atomic mass is 9.87. The lowest BCUT2D eigenvalue weighted by molar-refractivity contribution is 0.0234. The molecule has 0 radical (unpaired) electrons. The number of hydroxylamine groups is 1. The molecule has 0 aliphatic rings. The quantitative estimate of drug-likeness (QED) is 0.567. The normalized spacial score (nSPS) is 11.1. The van der Waals surface area contributed by atoms with Gasteiger partial charge in [0.1, 0.15) is 0 Å². The fraction of sp³-hybridized carbons (Fsp3) is 0.250. The summed E-state index contributed by atoms with van der Waals surface area (Å²) in [6.07, 6.45) is 3.50. The van der Waals surface area contributed by atoms with Gasteiger partial charge in [-0.2, -0.15) is 0 Å². The van der Waals surface area contributed by atoms with E-state index in [0.717, 1.165) is 16.8 Å². The molecule has 0 saturated carbocycles. The van der Waals surface area contributed by atoms with Gasteiger partial charge in [0.2, 0.25) is 0 Å². The summed E-state index contributed by atoms with van der Waals surface area (Å²) in [6, 6.07) is 19.5. The van der Waals surface area contributed by atoms with Gasteiger partial charge in [-0.1, -0.05) is 57.2 Å². The van der Waals surface area contributed by atoms with Gasteiger partial charge < -0.3 is 5.32 Å². The van der Waals surface area contributed by atoms with E-state index in [1.165, 1.54) is 5.56 Å². The number of anilines is 1. The maximum absolute atomic E-state index is 12.6. The molecule has 0 spiro atoms.